The van der Waals surface area contributed by atoms with E-state index in [1.807, 2.05) is 4.90 Å². The summed E-state index contributed by atoms with van der Waals surface area (Å²) in [6, 6.07) is 3.58. The van der Waals surface area contributed by atoms with Crippen molar-refractivity contribution in [2.45, 2.75) is 62.6 Å². The molecular formula is C26H29NO10. The number of carbonyl (C=O) groups is 2. The summed E-state index contributed by atoms with van der Waals surface area (Å²) in [7, 11) is 3.59. The van der Waals surface area contributed by atoms with Crippen LogP contribution in [-0.4, -0.2) is 91.8 Å². The van der Waals surface area contributed by atoms with Crippen LogP contribution >= 0.6 is 0 Å². The number of aromatic hydroxyl groups is 3. The first kappa shape index (κ1) is 25.6. The van der Waals surface area contributed by atoms with Gasteiger partial charge in [0.25, 0.3) is 0 Å². The highest BCUT2D eigenvalue weighted by Gasteiger charge is 2.47. The Bertz CT molecular complexity index is 1290. The van der Waals surface area contributed by atoms with E-state index in [2.05, 4.69) is 0 Å². The van der Waals surface area contributed by atoms with Crippen LogP contribution in [0.3, 0.4) is 0 Å². The van der Waals surface area contributed by atoms with Crippen LogP contribution in [0.2, 0.25) is 0 Å². The molecule has 0 spiro atoms. The molecule has 0 amide bonds. The van der Waals surface area contributed by atoms with Crippen LogP contribution in [0.4, 0.5) is 0 Å². The van der Waals surface area contributed by atoms with Crippen molar-refractivity contribution >= 4 is 11.6 Å². The molecule has 1 fully saturated rings. The van der Waals surface area contributed by atoms with Crippen LogP contribution in [0.25, 0.3) is 0 Å². The molecule has 6 N–H and O–H groups in total. The van der Waals surface area contributed by atoms with Crippen LogP contribution in [0.1, 0.15) is 74.9 Å². The molecule has 5 rings (SSSR count). The Morgan fingerprint density at radius 2 is 1.57 bits per heavy atom. The molecule has 198 valence electrons. The smallest absolute Gasteiger partial charge is 0.202 e. The predicted molar refractivity (Wildman–Crippen MR) is 127 cm³/mol. The normalized spacial score (nSPS) is 31.2. The zero-order chi connectivity index (χ0) is 26.9. The fourth-order valence-corrected chi connectivity index (χ4v) is 5.65. The third-order valence-corrected chi connectivity index (χ3v) is 7.58. The Labute approximate surface area is 212 Å². The summed E-state index contributed by atoms with van der Waals surface area (Å²) in [6.45, 7) is 1.68. The zero-order valence-corrected chi connectivity index (χ0v) is 20.5. The van der Waals surface area contributed by atoms with E-state index >= 15 is 0 Å². The number of nitrogens with zero attached hydrogens (tertiary/aromatic N) is 1. The monoisotopic (exact) mass is 515 g/mol. The SMILES string of the molecule is C[C@@H]1O[C@@H](O[C@H]2C[C@@H](O)[C@H](O)c3c(O)c4c(c(O)c32)C(=O)c2c(O)cccc2C4=O)C[C@H](N(C)C)[C@@H]1O. The topological polar surface area (TPSA) is 177 Å². The number of aliphatic hydroxyl groups excluding tert-OH is 3. The number of hydrogen-bond donors (Lipinski definition) is 6. The second-order valence-electron chi connectivity index (χ2n) is 10.0. The molecule has 1 heterocycles. The van der Waals surface area contributed by atoms with E-state index in [9.17, 15) is 40.2 Å². The molecule has 2 aromatic rings. The van der Waals surface area contributed by atoms with E-state index in [0.717, 1.165) is 0 Å². The van der Waals surface area contributed by atoms with Crippen molar-refractivity contribution in [3.8, 4) is 17.2 Å². The predicted octanol–water partition coefficient (Wildman–Crippen LogP) is 0.860. The number of rotatable bonds is 3. The summed E-state index contributed by atoms with van der Waals surface area (Å²) in [5.41, 5.74) is -1.99. The van der Waals surface area contributed by atoms with Crippen molar-refractivity contribution in [3.63, 3.8) is 0 Å². The first-order chi connectivity index (χ1) is 17.4. The average Bonchev–Trinajstić information content (AvgIpc) is 2.83. The fourth-order valence-electron chi connectivity index (χ4n) is 5.65. The first-order valence-electron chi connectivity index (χ1n) is 12.0. The van der Waals surface area contributed by atoms with Crippen molar-refractivity contribution in [1.29, 1.82) is 0 Å². The maximum Gasteiger partial charge on any atom is 0.202 e. The molecule has 0 bridgehead atoms. The number of phenolic OH excluding ortho intramolecular Hbond substituents is 3. The fraction of sp³-hybridized carbons (Fsp3) is 0.462. The summed E-state index contributed by atoms with van der Waals surface area (Å²) in [4.78, 5) is 28.5. The van der Waals surface area contributed by atoms with Crippen molar-refractivity contribution in [1.82, 2.24) is 4.90 Å². The van der Waals surface area contributed by atoms with Gasteiger partial charge in [-0.25, -0.2) is 0 Å². The van der Waals surface area contributed by atoms with Gasteiger partial charge in [0, 0.05) is 35.6 Å². The molecule has 11 nitrogen and oxygen atoms in total. The van der Waals surface area contributed by atoms with Gasteiger partial charge in [0.15, 0.2) is 12.1 Å². The Hall–Kier alpha value is -3.06. The molecule has 1 aliphatic heterocycles. The van der Waals surface area contributed by atoms with Crippen molar-refractivity contribution < 1.29 is 49.7 Å². The van der Waals surface area contributed by atoms with Crippen LogP contribution in [0, 0.1) is 0 Å². The highest BCUT2D eigenvalue weighted by molar-refractivity contribution is 6.31. The highest BCUT2D eigenvalue weighted by atomic mass is 16.7. The molecule has 7 atom stereocenters. The largest absolute Gasteiger partial charge is 0.507 e. The van der Waals surface area contributed by atoms with Gasteiger partial charge < -0.3 is 45.0 Å². The van der Waals surface area contributed by atoms with Gasteiger partial charge >= 0.3 is 0 Å². The quantitative estimate of drug-likeness (QED) is 0.273. The second kappa shape index (κ2) is 9.05. The lowest BCUT2D eigenvalue weighted by molar-refractivity contribution is -0.256. The minimum Gasteiger partial charge on any atom is -0.507 e. The number of ether oxygens (including phenoxy) is 2. The molecule has 3 aliphatic rings. The van der Waals surface area contributed by atoms with E-state index < -0.39 is 76.8 Å². The maximum absolute atomic E-state index is 13.4. The molecular weight excluding hydrogens is 486 g/mol. The van der Waals surface area contributed by atoms with Gasteiger partial charge in [0.05, 0.1) is 41.1 Å². The third kappa shape index (κ3) is 3.81. The van der Waals surface area contributed by atoms with Gasteiger partial charge in [0.1, 0.15) is 23.4 Å². The number of ketones is 2. The third-order valence-electron chi connectivity index (χ3n) is 7.58. The van der Waals surface area contributed by atoms with Gasteiger partial charge in [-0.3, -0.25) is 9.59 Å². The number of phenols is 3. The molecule has 0 aromatic heterocycles. The number of hydrogen-bond acceptors (Lipinski definition) is 11. The number of aliphatic hydroxyl groups is 3. The number of carbonyl (C=O) groups excluding carboxylic acids is 2. The Morgan fingerprint density at radius 1 is 0.919 bits per heavy atom. The van der Waals surface area contributed by atoms with Crippen molar-refractivity contribution in [2.75, 3.05) is 14.1 Å². The van der Waals surface area contributed by atoms with Crippen LogP contribution < -0.4 is 0 Å². The van der Waals surface area contributed by atoms with Crippen molar-refractivity contribution in [3.05, 3.63) is 51.6 Å². The first-order valence-corrected chi connectivity index (χ1v) is 12.0. The van der Waals surface area contributed by atoms with Gasteiger partial charge in [-0.2, -0.15) is 0 Å². The number of fused-ring (bicyclic) bond motifs is 3. The maximum atomic E-state index is 13.4. The second-order valence-corrected chi connectivity index (χ2v) is 10.0. The van der Waals surface area contributed by atoms with Crippen LogP contribution in [0.5, 0.6) is 17.2 Å². The van der Waals surface area contributed by atoms with E-state index in [1.165, 1.54) is 18.2 Å². The molecule has 11 heteroatoms. The van der Waals surface area contributed by atoms with Gasteiger partial charge in [-0.1, -0.05) is 12.1 Å². The molecule has 2 aliphatic carbocycles. The summed E-state index contributed by atoms with van der Waals surface area (Å²) in [5.74, 6) is -3.61. The Balaban J connectivity index is 1.63. The molecule has 0 saturated carbocycles. The molecule has 2 aromatic carbocycles. The van der Waals surface area contributed by atoms with Gasteiger partial charge in [-0.15, -0.1) is 0 Å². The standard InChI is InChI=1S/C26H29NO10/c1-9-21(30)11(27(2)3)7-15(36-9)37-14-8-13(29)23(32)18-17(14)25(34)20-19(26(18)35)22(31)10-5-4-6-12(28)16(10)24(20)33/h4-6,9,11,13-15,21,23,28-30,32,34-35H,7-8H2,1-3H3/t9-,11-,13+,14-,15-,21+,23-/m0/s1. The van der Waals surface area contributed by atoms with E-state index in [0.29, 0.717) is 0 Å². The Morgan fingerprint density at radius 3 is 2.24 bits per heavy atom. The molecule has 0 radical (unpaired) electrons. The zero-order valence-electron chi connectivity index (χ0n) is 20.5. The van der Waals surface area contributed by atoms with Crippen molar-refractivity contribution in [2.24, 2.45) is 0 Å². The van der Waals surface area contributed by atoms with Gasteiger partial charge in [-0.05, 0) is 27.1 Å². The lowest BCUT2D eigenvalue weighted by Crippen LogP contribution is -2.53. The number of likely N-dealkylation sites (N-methyl/N-ethyl adjacent to an activating group) is 1. The minimum atomic E-state index is -1.68. The van der Waals surface area contributed by atoms with Gasteiger partial charge in [0.2, 0.25) is 5.78 Å². The minimum absolute atomic E-state index is 0.155. The lowest BCUT2D eigenvalue weighted by Gasteiger charge is -2.43. The van der Waals surface area contributed by atoms with Crippen LogP contribution in [-0.2, 0) is 9.47 Å². The lowest BCUT2D eigenvalue weighted by atomic mass is 9.75. The average molecular weight is 516 g/mol. The highest BCUT2D eigenvalue weighted by Crippen LogP contribution is 2.53. The molecule has 0 unspecified atom stereocenters. The summed E-state index contributed by atoms with van der Waals surface area (Å²) >= 11 is 0. The molecule has 37 heavy (non-hydrogen) atoms. The molecule has 1 saturated heterocycles. The van der Waals surface area contributed by atoms with Crippen LogP contribution in [0.15, 0.2) is 18.2 Å². The summed E-state index contributed by atoms with van der Waals surface area (Å²) in [5, 5.41) is 64.6. The summed E-state index contributed by atoms with van der Waals surface area (Å²) in [6.07, 6.45) is -6.52. The Kier molecular flexibility index (Phi) is 6.26. The number of benzene rings is 2. The van der Waals surface area contributed by atoms with E-state index in [4.69, 9.17) is 9.47 Å². The van der Waals surface area contributed by atoms with E-state index in [1.54, 1.807) is 21.0 Å². The summed E-state index contributed by atoms with van der Waals surface area (Å²) < 4.78 is 11.9. The van der Waals surface area contributed by atoms with E-state index in [-0.39, 0.29) is 41.1 Å².